The van der Waals surface area contributed by atoms with E-state index in [1.807, 2.05) is 6.92 Å². The normalized spacial score (nSPS) is 26.4. The van der Waals surface area contributed by atoms with Crippen molar-refractivity contribution in [3.8, 4) is 0 Å². The summed E-state index contributed by atoms with van der Waals surface area (Å²) in [5.74, 6) is 0.893. The molecule has 0 radical (unpaired) electrons. The van der Waals surface area contributed by atoms with Gasteiger partial charge in [-0.25, -0.2) is 4.98 Å². The molecule has 0 unspecified atom stereocenters. The molecule has 3 heterocycles. The zero-order valence-corrected chi connectivity index (χ0v) is 15.0. The maximum atomic E-state index is 12.8. The van der Waals surface area contributed by atoms with Crippen molar-refractivity contribution >= 4 is 21.5 Å². The highest BCUT2D eigenvalue weighted by Crippen LogP contribution is 2.32. The second-order valence-electron chi connectivity index (χ2n) is 6.61. The standard InChI is InChI=1S/C15H25N3O2S2/c1-12-4-3-7-18(10-12)22(19,20)17-8-5-14(6-9-17)15-16-13(2)11-21-15/h11-12,14H,3-10H2,1-2H3/t12-/m1/s1. The van der Waals surface area contributed by atoms with Crippen molar-refractivity contribution in [3.05, 3.63) is 16.1 Å². The van der Waals surface area contributed by atoms with E-state index in [9.17, 15) is 8.42 Å². The molecule has 0 aliphatic carbocycles. The summed E-state index contributed by atoms with van der Waals surface area (Å²) in [6.07, 6.45) is 3.89. The van der Waals surface area contributed by atoms with E-state index >= 15 is 0 Å². The van der Waals surface area contributed by atoms with Gasteiger partial charge in [-0.3, -0.25) is 0 Å². The van der Waals surface area contributed by atoms with Gasteiger partial charge in [0.15, 0.2) is 0 Å². The first-order valence-corrected chi connectivity index (χ1v) is 10.4. The van der Waals surface area contributed by atoms with Crippen LogP contribution in [-0.4, -0.2) is 48.2 Å². The third kappa shape index (κ3) is 3.37. The molecule has 2 fully saturated rings. The van der Waals surface area contributed by atoms with E-state index in [2.05, 4.69) is 17.3 Å². The Kier molecular flexibility index (Phi) is 4.87. The summed E-state index contributed by atoms with van der Waals surface area (Å²) >= 11 is 1.70. The molecule has 0 amide bonds. The molecule has 0 saturated carbocycles. The van der Waals surface area contributed by atoms with Crippen molar-refractivity contribution in [1.29, 1.82) is 0 Å². The van der Waals surface area contributed by atoms with Gasteiger partial charge in [0.25, 0.3) is 10.2 Å². The second kappa shape index (κ2) is 6.55. The third-order valence-corrected chi connectivity index (χ3v) is 7.84. The summed E-state index contributed by atoms with van der Waals surface area (Å²) in [4.78, 5) is 4.56. The summed E-state index contributed by atoms with van der Waals surface area (Å²) in [5, 5.41) is 3.24. The van der Waals surface area contributed by atoms with Crippen molar-refractivity contribution in [2.45, 2.75) is 45.4 Å². The van der Waals surface area contributed by atoms with Gasteiger partial charge >= 0.3 is 0 Å². The van der Waals surface area contributed by atoms with Gasteiger partial charge in [-0.05, 0) is 38.5 Å². The molecule has 0 N–H and O–H groups in total. The first kappa shape index (κ1) is 16.4. The summed E-state index contributed by atoms with van der Waals surface area (Å²) < 4.78 is 28.9. The Balaban J connectivity index is 1.62. The van der Waals surface area contributed by atoms with Gasteiger partial charge in [-0.2, -0.15) is 17.0 Å². The number of aromatic nitrogens is 1. The number of aryl methyl sites for hydroxylation is 1. The molecular weight excluding hydrogens is 318 g/mol. The fourth-order valence-electron chi connectivity index (χ4n) is 3.41. The van der Waals surface area contributed by atoms with Gasteiger partial charge in [0, 0.05) is 43.2 Å². The third-order valence-electron chi connectivity index (χ3n) is 4.71. The quantitative estimate of drug-likeness (QED) is 0.848. The lowest BCUT2D eigenvalue weighted by atomic mass is 9.99. The van der Waals surface area contributed by atoms with Gasteiger partial charge < -0.3 is 0 Å². The highest BCUT2D eigenvalue weighted by atomic mass is 32.2. The average Bonchev–Trinajstić information content (AvgIpc) is 2.94. The van der Waals surface area contributed by atoms with Crippen molar-refractivity contribution in [2.75, 3.05) is 26.2 Å². The number of thiazole rings is 1. The fraction of sp³-hybridized carbons (Fsp3) is 0.800. The van der Waals surface area contributed by atoms with Gasteiger partial charge in [0.05, 0.1) is 5.01 Å². The van der Waals surface area contributed by atoms with Crippen LogP contribution in [0, 0.1) is 12.8 Å². The Labute approximate surface area is 137 Å². The molecule has 2 aliphatic heterocycles. The summed E-state index contributed by atoms with van der Waals surface area (Å²) in [6.45, 7) is 6.75. The number of piperidine rings is 2. The summed E-state index contributed by atoms with van der Waals surface area (Å²) in [5.41, 5.74) is 1.07. The van der Waals surface area contributed by atoms with Crippen LogP contribution in [0.25, 0.3) is 0 Å². The van der Waals surface area contributed by atoms with Gasteiger partial charge in [-0.15, -0.1) is 11.3 Å². The number of nitrogens with zero attached hydrogens (tertiary/aromatic N) is 3. The number of rotatable bonds is 3. The average molecular weight is 344 g/mol. The molecule has 22 heavy (non-hydrogen) atoms. The number of hydrogen-bond donors (Lipinski definition) is 0. The van der Waals surface area contributed by atoms with E-state index in [4.69, 9.17) is 0 Å². The summed E-state index contributed by atoms with van der Waals surface area (Å²) in [7, 11) is -3.27. The topological polar surface area (TPSA) is 53.5 Å². The van der Waals surface area contributed by atoms with Crippen molar-refractivity contribution < 1.29 is 8.42 Å². The second-order valence-corrected chi connectivity index (χ2v) is 9.43. The largest absolute Gasteiger partial charge is 0.281 e. The van der Waals surface area contributed by atoms with Crippen molar-refractivity contribution in [2.24, 2.45) is 5.92 Å². The minimum Gasteiger partial charge on any atom is -0.246 e. The maximum Gasteiger partial charge on any atom is 0.281 e. The van der Waals surface area contributed by atoms with Crippen LogP contribution in [0.1, 0.15) is 49.2 Å². The molecule has 1 aromatic heterocycles. The van der Waals surface area contributed by atoms with E-state index in [1.54, 1.807) is 19.9 Å². The van der Waals surface area contributed by atoms with Gasteiger partial charge in [0.2, 0.25) is 0 Å². The zero-order valence-electron chi connectivity index (χ0n) is 13.4. The van der Waals surface area contributed by atoms with Crippen LogP contribution in [-0.2, 0) is 10.2 Å². The van der Waals surface area contributed by atoms with Crippen LogP contribution in [0.4, 0.5) is 0 Å². The summed E-state index contributed by atoms with van der Waals surface area (Å²) in [6, 6.07) is 0. The molecule has 2 aliphatic rings. The predicted octanol–water partition coefficient (Wildman–Crippen LogP) is 2.61. The molecule has 0 aromatic carbocycles. The van der Waals surface area contributed by atoms with E-state index in [0.717, 1.165) is 31.4 Å². The molecule has 1 aromatic rings. The lowest BCUT2D eigenvalue weighted by Gasteiger charge is -2.37. The van der Waals surface area contributed by atoms with Gasteiger partial charge in [0.1, 0.15) is 0 Å². The Morgan fingerprint density at radius 1 is 1.18 bits per heavy atom. The SMILES string of the molecule is Cc1csc(C2CCN(S(=O)(=O)N3CCC[C@@H](C)C3)CC2)n1. The van der Waals surface area contributed by atoms with E-state index in [-0.39, 0.29) is 0 Å². The highest BCUT2D eigenvalue weighted by molar-refractivity contribution is 7.86. The molecule has 0 bridgehead atoms. The van der Waals surface area contributed by atoms with Crippen LogP contribution in [0.5, 0.6) is 0 Å². The maximum absolute atomic E-state index is 12.8. The molecule has 2 saturated heterocycles. The highest BCUT2D eigenvalue weighted by Gasteiger charge is 2.35. The first-order valence-electron chi connectivity index (χ1n) is 8.14. The minimum atomic E-state index is -3.27. The predicted molar refractivity (Wildman–Crippen MR) is 89.3 cm³/mol. The molecule has 0 spiro atoms. The van der Waals surface area contributed by atoms with E-state index < -0.39 is 10.2 Å². The molecule has 5 nitrogen and oxygen atoms in total. The zero-order chi connectivity index (χ0) is 15.7. The van der Waals surface area contributed by atoms with Crippen LogP contribution >= 0.6 is 11.3 Å². The molecular formula is C15H25N3O2S2. The van der Waals surface area contributed by atoms with Crippen molar-refractivity contribution in [1.82, 2.24) is 13.6 Å². The lowest BCUT2D eigenvalue weighted by Crippen LogP contribution is -2.49. The molecule has 1 atom stereocenters. The Hall–Kier alpha value is -0.500. The van der Waals surface area contributed by atoms with E-state index in [1.165, 1.54) is 5.01 Å². The van der Waals surface area contributed by atoms with Crippen LogP contribution < -0.4 is 0 Å². The molecule has 7 heteroatoms. The Morgan fingerprint density at radius 2 is 1.91 bits per heavy atom. The monoisotopic (exact) mass is 343 g/mol. The van der Waals surface area contributed by atoms with Gasteiger partial charge in [-0.1, -0.05) is 6.92 Å². The van der Waals surface area contributed by atoms with Crippen LogP contribution in [0.2, 0.25) is 0 Å². The van der Waals surface area contributed by atoms with Crippen molar-refractivity contribution in [3.63, 3.8) is 0 Å². The lowest BCUT2D eigenvalue weighted by molar-refractivity contribution is 0.242. The molecule has 3 rings (SSSR count). The Morgan fingerprint density at radius 3 is 2.50 bits per heavy atom. The molecule has 124 valence electrons. The minimum absolute atomic E-state index is 0.422. The first-order chi connectivity index (χ1) is 10.5. The smallest absolute Gasteiger partial charge is 0.246 e. The van der Waals surface area contributed by atoms with E-state index in [0.29, 0.717) is 38.0 Å². The van der Waals surface area contributed by atoms with Crippen LogP contribution in [0.3, 0.4) is 0 Å². The van der Waals surface area contributed by atoms with Crippen LogP contribution in [0.15, 0.2) is 5.38 Å². The number of hydrogen-bond acceptors (Lipinski definition) is 4. The fourth-order valence-corrected chi connectivity index (χ4v) is 6.18. The Bertz CT molecular complexity index is 606.